The number of amides is 2. The van der Waals surface area contributed by atoms with E-state index >= 15 is 0 Å². The van der Waals surface area contributed by atoms with E-state index in [-0.39, 0.29) is 17.6 Å². The first kappa shape index (κ1) is 17.6. The van der Waals surface area contributed by atoms with Gasteiger partial charge in [-0.3, -0.25) is 14.7 Å². The third kappa shape index (κ3) is 2.73. The third-order valence-electron chi connectivity index (χ3n) is 5.89. The highest BCUT2D eigenvalue weighted by atomic mass is 19.1. The van der Waals surface area contributed by atoms with Crippen LogP contribution in [0.4, 0.5) is 10.1 Å². The summed E-state index contributed by atoms with van der Waals surface area (Å²) >= 11 is 0. The number of hydrogen-bond donors (Lipinski definition) is 2. The molecule has 0 unspecified atom stereocenters. The molecule has 0 bridgehead atoms. The van der Waals surface area contributed by atoms with Crippen molar-refractivity contribution in [2.24, 2.45) is 0 Å². The van der Waals surface area contributed by atoms with Crippen LogP contribution in [-0.4, -0.2) is 40.0 Å². The summed E-state index contributed by atoms with van der Waals surface area (Å²) in [4.78, 5) is 27.9. The summed E-state index contributed by atoms with van der Waals surface area (Å²) in [5.74, 6) is -0.658. The highest BCUT2D eigenvalue weighted by Gasteiger charge is 2.50. The van der Waals surface area contributed by atoms with Crippen molar-refractivity contribution in [1.82, 2.24) is 15.1 Å². The van der Waals surface area contributed by atoms with Gasteiger partial charge in [-0.05, 0) is 36.6 Å². The molecule has 2 aliphatic rings. The summed E-state index contributed by atoms with van der Waals surface area (Å²) in [6, 6.07) is 13.7. The van der Waals surface area contributed by atoms with Crippen LogP contribution in [0, 0.1) is 5.82 Å². The fourth-order valence-corrected chi connectivity index (χ4v) is 4.49. The van der Waals surface area contributed by atoms with Gasteiger partial charge in [0.05, 0.1) is 22.9 Å². The van der Waals surface area contributed by atoms with E-state index < -0.39 is 5.41 Å². The quantitative estimate of drug-likeness (QED) is 0.705. The minimum atomic E-state index is -0.729. The van der Waals surface area contributed by atoms with Crippen molar-refractivity contribution in [2.45, 2.75) is 18.3 Å². The second kappa shape index (κ2) is 6.55. The van der Waals surface area contributed by atoms with Crippen LogP contribution in [0.15, 0.2) is 54.7 Å². The van der Waals surface area contributed by atoms with E-state index in [1.54, 1.807) is 17.0 Å². The Bertz CT molecular complexity index is 1130. The molecule has 2 aliphatic heterocycles. The van der Waals surface area contributed by atoms with Gasteiger partial charge in [0.15, 0.2) is 0 Å². The van der Waals surface area contributed by atoms with Gasteiger partial charge in [-0.25, -0.2) is 4.39 Å². The van der Waals surface area contributed by atoms with Crippen molar-refractivity contribution >= 4 is 17.5 Å². The first-order chi connectivity index (χ1) is 14.1. The Morgan fingerprint density at radius 1 is 1.17 bits per heavy atom. The summed E-state index contributed by atoms with van der Waals surface area (Å²) in [5.41, 5.74) is 2.44. The maximum atomic E-state index is 13.7. The molecule has 1 aromatic heterocycles. The summed E-state index contributed by atoms with van der Waals surface area (Å²) < 4.78 is 13.7. The van der Waals surface area contributed by atoms with Crippen molar-refractivity contribution < 1.29 is 14.0 Å². The molecular weight excluding hydrogens is 371 g/mol. The Labute approximate surface area is 166 Å². The SMILES string of the molecule is O=C(c1cn[nH]c1-c1cccc(F)c1)N1CCC[C@]2(C1)C(=O)Nc1ccccc12. The molecule has 3 aromatic rings. The number of fused-ring (bicyclic) bond motifs is 2. The number of nitrogens with one attached hydrogen (secondary N) is 2. The Hall–Kier alpha value is -3.48. The number of rotatable bonds is 2. The normalized spacial score (nSPS) is 20.6. The highest BCUT2D eigenvalue weighted by Crippen LogP contribution is 2.44. The van der Waals surface area contributed by atoms with E-state index in [0.717, 1.165) is 17.7 Å². The molecule has 0 aliphatic carbocycles. The number of aromatic nitrogens is 2. The number of carbonyl (C=O) groups is 2. The molecule has 0 saturated carbocycles. The summed E-state index contributed by atoms with van der Waals surface area (Å²) in [6.45, 7) is 0.867. The number of H-pyrrole nitrogens is 1. The van der Waals surface area contributed by atoms with Gasteiger partial charge in [-0.1, -0.05) is 30.3 Å². The van der Waals surface area contributed by atoms with E-state index in [2.05, 4.69) is 15.5 Å². The van der Waals surface area contributed by atoms with E-state index in [9.17, 15) is 14.0 Å². The van der Waals surface area contributed by atoms with E-state index in [0.29, 0.717) is 36.3 Å². The molecule has 3 heterocycles. The molecule has 5 rings (SSSR count). The molecule has 1 fully saturated rings. The molecule has 1 atom stereocenters. The van der Waals surface area contributed by atoms with E-state index in [1.807, 2.05) is 24.3 Å². The summed E-state index contributed by atoms with van der Waals surface area (Å²) in [6.07, 6.45) is 2.88. The van der Waals surface area contributed by atoms with Crippen molar-refractivity contribution in [3.8, 4) is 11.3 Å². The molecule has 29 heavy (non-hydrogen) atoms. The lowest BCUT2D eigenvalue weighted by atomic mass is 9.75. The van der Waals surface area contributed by atoms with E-state index in [4.69, 9.17) is 0 Å². The molecule has 2 amide bonds. The second-order valence-electron chi connectivity index (χ2n) is 7.58. The van der Waals surface area contributed by atoms with Gasteiger partial charge in [0, 0.05) is 24.3 Å². The number of piperidine rings is 1. The maximum Gasteiger partial charge on any atom is 0.257 e. The molecule has 2 N–H and O–H groups in total. The molecular formula is C22H19FN4O2. The van der Waals surface area contributed by atoms with Gasteiger partial charge in [0.25, 0.3) is 5.91 Å². The first-order valence-corrected chi connectivity index (χ1v) is 9.58. The average molecular weight is 390 g/mol. The van der Waals surface area contributed by atoms with Gasteiger partial charge < -0.3 is 10.2 Å². The molecule has 6 nitrogen and oxygen atoms in total. The van der Waals surface area contributed by atoms with Crippen molar-refractivity contribution in [3.05, 3.63) is 71.7 Å². The van der Waals surface area contributed by atoms with Crippen LogP contribution >= 0.6 is 0 Å². The van der Waals surface area contributed by atoms with Crippen LogP contribution in [0.3, 0.4) is 0 Å². The molecule has 146 valence electrons. The number of benzene rings is 2. The lowest BCUT2D eigenvalue weighted by Crippen LogP contribution is -2.51. The standard InChI is InChI=1S/C22H19FN4O2/c23-15-6-3-5-14(11-15)19-16(12-24-26-19)20(28)27-10-4-9-22(13-27)17-7-1-2-8-18(17)25-21(22)29/h1-3,5-8,11-12H,4,9-10,13H2,(H,24,26)(H,25,29)/t22-/m1/s1. The fraction of sp³-hybridized carbons (Fsp3) is 0.227. The van der Waals surface area contributed by atoms with Gasteiger partial charge in [-0.2, -0.15) is 5.10 Å². The number of carbonyl (C=O) groups excluding carboxylic acids is 2. The molecule has 2 aromatic carbocycles. The number of hydrogen-bond acceptors (Lipinski definition) is 3. The minimum Gasteiger partial charge on any atom is -0.337 e. The predicted octanol–water partition coefficient (Wildman–Crippen LogP) is 3.34. The monoisotopic (exact) mass is 390 g/mol. The largest absolute Gasteiger partial charge is 0.337 e. The molecule has 0 radical (unpaired) electrons. The van der Waals surface area contributed by atoms with E-state index in [1.165, 1.54) is 18.3 Å². The van der Waals surface area contributed by atoms with Gasteiger partial charge in [0.2, 0.25) is 5.91 Å². The smallest absolute Gasteiger partial charge is 0.257 e. The zero-order valence-electron chi connectivity index (χ0n) is 15.6. The summed E-state index contributed by atoms with van der Waals surface area (Å²) in [5, 5.41) is 9.78. The number of para-hydroxylation sites is 1. The predicted molar refractivity (Wildman–Crippen MR) is 106 cm³/mol. The maximum absolute atomic E-state index is 13.7. The van der Waals surface area contributed by atoms with Gasteiger partial charge in [-0.15, -0.1) is 0 Å². The Morgan fingerprint density at radius 3 is 2.90 bits per heavy atom. The highest BCUT2D eigenvalue weighted by molar-refractivity contribution is 6.07. The average Bonchev–Trinajstić information content (AvgIpc) is 3.32. The topological polar surface area (TPSA) is 78.1 Å². The lowest BCUT2D eigenvalue weighted by molar-refractivity contribution is -0.122. The van der Waals surface area contributed by atoms with Crippen LogP contribution in [0.1, 0.15) is 28.8 Å². The van der Waals surface area contributed by atoms with Crippen molar-refractivity contribution in [2.75, 3.05) is 18.4 Å². The number of halogens is 1. The van der Waals surface area contributed by atoms with Crippen LogP contribution in [0.2, 0.25) is 0 Å². The second-order valence-corrected chi connectivity index (χ2v) is 7.58. The minimum absolute atomic E-state index is 0.0613. The molecule has 1 saturated heterocycles. The number of anilines is 1. The van der Waals surface area contributed by atoms with Crippen molar-refractivity contribution in [3.63, 3.8) is 0 Å². The van der Waals surface area contributed by atoms with Crippen molar-refractivity contribution in [1.29, 1.82) is 0 Å². The van der Waals surface area contributed by atoms with Crippen LogP contribution in [-0.2, 0) is 10.2 Å². The van der Waals surface area contributed by atoms with Gasteiger partial charge in [0.1, 0.15) is 5.82 Å². The zero-order chi connectivity index (χ0) is 20.0. The summed E-state index contributed by atoms with van der Waals surface area (Å²) in [7, 11) is 0. The zero-order valence-corrected chi connectivity index (χ0v) is 15.6. The van der Waals surface area contributed by atoms with Crippen LogP contribution in [0.5, 0.6) is 0 Å². The van der Waals surface area contributed by atoms with Crippen LogP contribution < -0.4 is 5.32 Å². The Morgan fingerprint density at radius 2 is 2.03 bits per heavy atom. The molecule has 1 spiro atoms. The fourth-order valence-electron chi connectivity index (χ4n) is 4.49. The Balaban J connectivity index is 1.48. The molecule has 7 heteroatoms. The van der Waals surface area contributed by atoms with Crippen LogP contribution in [0.25, 0.3) is 11.3 Å². The number of nitrogens with zero attached hydrogens (tertiary/aromatic N) is 2. The number of aromatic amines is 1. The lowest BCUT2D eigenvalue weighted by Gasteiger charge is -2.39. The number of likely N-dealkylation sites (tertiary alicyclic amines) is 1. The Kier molecular flexibility index (Phi) is 3.97. The third-order valence-corrected chi connectivity index (χ3v) is 5.89. The van der Waals surface area contributed by atoms with Gasteiger partial charge >= 0.3 is 0 Å². The first-order valence-electron chi connectivity index (χ1n) is 9.58.